The van der Waals surface area contributed by atoms with E-state index in [2.05, 4.69) is 27.0 Å². The molecule has 0 heterocycles. The van der Waals surface area contributed by atoms with E-state index in [4.69, 9.17) is 10.2 Å². The van der Waals surface area contributed by atoms with Crippen molar-refractivity contribution in [2.75, 3.05) is 18.4 Å². The second-order valence-electron chi connectivity index (χ2n) is 1.90. The van der Waals surface area contributed by atoms with E-state index in [1.54, 1.807) is 0 Å². The molecule has 5 N–H and O–H groups in total. The second kappa shape index (κ2) is 9.93. The van der Waals surface area contributed by atoms with Crippen LogP contribution in [0, 0.1) is 0 Å². The molecule has 0 saturated carbocycles. The zero-order chi connectivity index (χ0) is 11.6. The molecule has 0 spiro atoms. The first-order valence-corrected chi connectivity index (χ1v) is 4.52. The number of alkyl halides is 1. The highest BCUT2D eigenvalue weighted by Crippen LogP contribution is 1.76. The van der Waals surface area contributed by atoms with Crippen LogP contribution in [-0.2, 0) is 14.4 Å². The van der Waals surface area contributed by atoms with Gasteiger partial charge in [0.2, 0.25) is 5.91 Å². The van der Waals surface area contributed by atoms with E-state index in [0.717, 1.165) is 0 Å². The summed E-state index contributed by atoms with van der Waals surface area (Å²) in [5.41, 5.74) is 4.57. The number of rotatable bonds is 4. The minimum atomic E-state index is -1.04. The van der Waals surface area contributed by atoms with Gasteiger partial charge in [-0.3, -0.25) is 14.4 Å². The van der Waals surface area contributed by atoms with E-state index in [9.17, 15) is 14.4 Å². The van der Waals surface area contributed by atoms with Gasteiger partial charge < -0.3 is 21.3 Å². The Bertz CT molecular complexity index is 208. The fraction of sp³-hybridized carbons (Fsp3) is 0.500. The molecule has 7 nitrogen and oxygen atoms in total. The molecule has 0 atom stereocenters. The van der Waals surface area contributed by atoms with Gasteiger partial charge in [0.05, 0.1) is 11.9 Å². The van der Waals surface area contributed by atoms with Gasteiger partial charge in [0.15, 0.2) is 0 Å². The molecule has 0 saturated heterocycles. The molecule has 0 rings (SSSR count). The summed E-state index contributed by atoms with van der Waals surface area (Å²) in [5, 5.41) is 17.9. The molecule has 14 heavy (non-hydrogen) atoms. The minimum Gasteiger partial charge on any atom is -0.480 e. The molecule has 1 amide bonds. The number of hydrogen-bond donors (Lipinski definition) is 4. The first-order valence-electron chi connectivity index (χ1n) is 3.40. The van der Waals surface area contributed by atoms with Gasteiger partial charge in [0.1, 0.15) is 6.54 Å². The predicted octanol–water partition coefficient (Wildman–Crippen LogP) is -1.39. The predicted molar refractivity (Wildman–Crippen MR) is 51.1 cm³/mol. The van der Waals surface area contributed by atoms with Gasteiger partial charge in [-0.1, -0.05) is 15.9 Å². The number of carbonyl (C=O) groups excluding carboxylic acids is 1. The zero-order valence-corrected chi connectivity index (χ0v) is 8.78. The van der Waals surface area contributed by atoms with Crippen molar-refractivity contribution in [3.05, 3.63) is 0 Å². The summed E-state index contributed by atoms with van der Waals surface area (Å²) < 4.78 is 0. The first-order chi connectivity index (χ1) is 6.43. The lowest BCUT2D eigenvalue weighted by molar-refractivity contribution is -0.137. The summed E-state index contributed by atoms with van der Waals surface area (Å²) in [6, 6.07) is 0. The van der Waals surface area contributed by atoms with Crippen molar-refractivity contribution >= 4 is 33.8 Å². The lowest BCUT2D eigenvalue weighted by Gasteiger charge is -1.95. The van der Waals surface area contributed by atoms with Gasteiger partial charge in [-0.2, -0.15) is 0 Å². The van der Waals surface area contributed by atoms with Crippen LogP contribution in [0.25, 0.3) is 0 Å². The maximum Gasteiger partial charge on any atom is 0.322 e. The molecule has 0 aromatic carbocycles. The van der Waals surface area contributed by atoms with Crippen molar-refractivity contribution in [1.82, 2.24) is 5.32 Å². The van der Waals surface area contributed by atoms with Gasteiger partial charge in [0.25, 0.3) is 0 Å². The highest BCUT2D eigenvalue weighted by molar-refractivity contribution is 9.09. The Balaban J connectivity index is 0. The molecule has 0 aliphatic carbocycles. The zero-order valence-electron chi connectivity index (χ0n) is 7.20. The van der Waals surface area contributed by atoms with Gasteiger partial charge in [0, 0.05) is 0 Å². The molecule has 0 aliphatic heterocycles. The third-order valence-electron chi connectivity index (χ3n) is 0.733. The number of nitrogens with two attached hydrogens (primary N) is 1. The lowest BCUT2D eigenvalue weighted by Crippen LogP contribution is -2.29. The van der Waals surface area contributed by atoms with E-state index in [1.165, 1.54) is 0 Å². The Morgan fingerprint density at radius 3 is 1.86 bits per heavy atom. The van der Waals surface area contributed by atoms with Crippen LogP contribution in [0.3, 0.4) is 0 Å². The summed E-state index contributed by atoms with van der Waals surface area (Å²) in [6.07, 6.45) is 0. The second-order valence-corrected chi connectivity index (χ2v) is 2.46. The van der Waals surface area contributed by atoms with Crippen molar-refractivity contribution in [3.8, 4) is 0 Å². The van der Waals surface area contributed by atoms with Crippen molar-refractivity contribution in [2.45, 2.75) is 0 Å². The van der Waals surface area contributed by atoms with Crippen molar-refractivity contribution in [1.29, 1.82) is 0 Å². The number of nitrogens with one attached hydrogen (secondary N) is 1. The van der Waals surface area contributed by atoms with Crippen LogP contribution in [0.1, 0.15) is 0 Å². The van der Waals surface area contributed by atoms with Crippen LogP contribution in [0.15, 0.2) is 0 Å². The highest BCUT2D eigenvalue weighted by Gasteiger charge is 1.99. The van der Waals surface area contributed by atoms with Crippen LogP contribution in [-0.4, -0.2) is 46.5 Å². The third kappa shape index (κ3) is 17.1. The van der Waals surface area contributed by atoms with Crippen LogP contribution < -0.4 is 11.1 Å². The number of amides is 1. The summed E-state index contributed by atoms with van der Waals surface area (Å²) in [5.74, 6) is -2.33. The summed E-state index contributed by atoms with van der Waals surface area (Å²) in [6.45, 7) is -0.593. The van der Waals surface area contributed by atoms with Crippen molar-refractivity contribution in [2.24, 2.45) is 5.73 Å². The monoisotopic (exact) mass is 270 g/mol. The maximum absolute atomic E-state index is 10.3. The molecular weight excluding hydrogens is 260 g/mol. The van der Waals surface area contributed by atoms with E-state index in [0.29, 0.717) is 0 Å². The minimum absolute atomic E-state index is 0.139. The normalized spacial score (nSPS) is 8.14. The molecule has 0 aliphatic rings. The standard InChI is InChI=1S/C4H6BrNO3.C2H5NO2/c5-1-3(7)6-2-4(8)9;3-1-2(4)5/h1-2H2,(H,6,7)(H,8,9);1,3H2,(H,4,5). The Hall–Kier alpha value is -1.15. The molecule has 0 aromatic heterocycles. The summed E-state index contributed by atoms with van der Waals surface area (Å²) >= 11 is 2.86. The largest absolute Gasteiger partial charge is 0.480 e. The van der Waals surface area contributed by atoms with Gasteiger partial charge in [-0.15, -0.1) is 0 Å². The molecular formula is C6H11BrN2O5. The Morgan fingerprint density at radius 2 is 1.64 bits per heavy atom. The van der Waals surface area contributed by atoms with Crippen molar-refractivity contribution < 1.29 is 24.6 Å². The molecule has 0 radical (unpaired) electrons. The Morgan fingerprint density at radius 1 is 1.21 bits per heavy atom. The Labute approximate surface area is 88.4 Å². The number of halogens is 1. The van der Waals surface area contributed by atoms with E-state index in [1.807, 2.05) is 0 Å². The van der Waals surface area contributed by atoms with Gasteiger partial charge in [-0.25, -0.2) is 0 Å². The molecule has 82 valence electrons. The quantitative estimate of drug-likeness (QED) is 0.466. The average molecular weight is 271 g/mol. The molecule has 0 unspecified atom stereocenters. The SMILES string of the molecule is NCC(=O)O.O=C(O)CNC(=O)CBr. The summed E-state index contributed by atoms with van der Waals surface area (Å²) in [7, 11) is 0. The molecule has 8 heteroatoms. The number of hydrogen-bond acceptors (Lipinski definition) is 4. The average Bonchev–Trinajstić information content (AvgIpc) is 2.14. The molecule has 0 bridgehead atoms. The van der Waals surface area contributed by atoms with Crippen LogP contribution in [0.2, 0.25) is 0 Å². The van der Waals surface area contributed by atoms with Gasteiger partial charge >= 0.3 is 11.9 Å². The molecule has 0 aromatic rings. The topological polar surface area (TPSA) is 130 Å². The number of carboxylic acid groups (broad SMARTS) is 2. The Kier molecular flexibility index (Phi) is 10.9. The number of carboxylic acids is 2. The molecule has 0 fully saturated rings. The number of carbonyl (C=O) groups is 3. The van der Waals surface area contributed by atoms with E-state index in [-0.39, 0.29) is 24.3 Å². The lowest BCUT2D eigenvalue weighted by atomic mass is 10.6. The smallest absolute Gasteiger partial charge is 0.322 e. The van der Waals surface area contributed by atoms with E-state index < -0.39 is 11.9 Å². The summed E-state index contributed by atoms with van der Waals surface area (Å²) in [4.78, 5) is 29.3. The van der Waals surface area contributed by atoms with Crippen LogP contribution in [0.4, 0.5) is 0 Å². The third-order valence-corrected chi connectivity index (χ3v) is 1.24. The van der Waals surface area contributed by atoms with Crippen molar-refractivity contribution in [3.63, 3.8) is 0 Å². The van der Waals surface area contributed by atoms with Gasteiger partial charge in [-0.05, 0) is 0 Å². The van der Waals surface area contributed by atoms with E-state index >= 15 is 0 Å². The number of aliphatic carboxylic acids is 2. The van der Waals surface area contributed by atoms with Crippen LogP contribution in [0.5, 0.6) is 0 Å². The first kappa shape index (κ1) is 15.3. The fourth-order valence-electron chi connectivity index (χ4n) is 0.221. The van der Waals surface area contributed by atoms with Crippen LogP contribution >= 0.6 is 15.9 Å². The highest BCUT2D eigenvalue weighted by atomic mass is 79.9. The maximum atomic E-state index is 10.3. The fourth-order valence-corrected chi connectivity index (χ4v) is 0.420.